The zero-order valence-electron chi connectivity index (χ0n) is 21.4. The minimum Gasteiger partial charge on any atom is -0.490 e. The third-order valence-electron chi connectivity index (χ3n) is 6.11. The third-order valence-corrected chi connectivity index (χ3v) is 7.79. The number of ether oxygens (including phenoxy) is 2. The number of fused-ring (bicyclic) bond motifs is 2. The van der Waals surface area contributed by atoms with Gasteiger partial charge in [-0.1, -0.05) is 42.3 Å². The fraction of sp³-hybridized carbons (Fsp3) is 0.207. The Morgan fingerprint density at radius 2 is 1.95 bits per heavy atom. The van der Waals surface area contributed by atoms with E-state index < -0.39 is 0 Å². The Morgan fingerprint density at radius 1 is 1.15 bits per heavy atom. The smallest absolute Gasteiger partial charge is 0.282 e. The van der Waals surface area contributed by atoms with Crippen molar-refractivity contribution < 1.29 is 13.9 Å². The van der Waals surface area contributed by atoms with Gasteiger partial charge in [0.25, 0.3) is 5.56 Å². The first-order valence-corrected chi connectivity index (χ1v) is 13.9. The van der Waals surface area contributed by atoms with Gasteiger partial charge in [0.05, 0.1) is 29.8 Å². The molecule has 0 unspecified atom stereocenters. The molecule has 7 nitrogen and oxygen atoms in total. The van der Waals surface area contributed by atoms with E-state index in [-0.39, 0.29) is 17.5 Å². The number of rotatable bonds is 8. The van der Waals surface area contributed by atoms with Gasteiger partial charge in [0.1, 0.15) is 10.6 Å². The predicted octanol–water partition coefficient (Wildman–Crippen LogP) is 8.34. The van der Waals surface area contributed by atoms with Crippen LogP contribution in [0.2, 0.25) is 10.0 Å². The molecule has 39 heavy (non-hydrogen) atoms. The highest BCUT2D eigenvalue weighted by Crippen LogP contribution is 2.43. The second kappa shape index (κ2) is 11.4. The lowest BCUT2D eigenvalue weighted by atomic mass is 10.2. The molecule has 0 bridgehead atoms. The van der Waals surface area contributed by atoms with Crippen LogP contribution in [0.1, 0.15) is 32.8 Å². The molecule has 0 amide bonds. The van der Waals surface area contributed by atoms with Crippen LogP contribution in [-0.4, -0.2) is 28.6 Å². The molecule has 10 heteroatoms. The average molecular weight is 629 g/mol. The second-order valence-electron chi connectivity index (χ2n) is 8.80. The molecule has 2 heterocycles. The minimum atomic E-state index is -0.352. The van der Waals surface area contributed by atoms with E-state index in [0.717, 1.165) is 11.8 Å². The van der Waals surface area contributed by atoms with Gasteiger partial charge in [-0.05, 0) is 78.7 Å². The molecule has 0 fully saturated rings. The second-order valence-corrected chi connectivity index (χ2v) is 10.4. The highest BCUT2D eigenvalue weighted by molar-refractivity contribution is 9.10. The highest BCUT2D eigenvalue weighted by Gasteiger charge is 2.20. The van der Waals surface area contributed by atoms with Crippen molar-refractivity contribution in [1.82, 2.24) is 9.66 Å². The zero-order valence-corrected chi connectivity index (χ0v) is 24.5. The van der Waals surface area contributed by atoms with Gasteiger partial charge in [0, 0.05) is 20.4 Å². The lowest BCUT2D eigenvalue weighted by molar-refractivity contribution is 0.203. The van der Waals surface area contributed by atoms with Crippen LogP contribution in [0.15, 0.2) is 73.4 Å². The van der Waals surface area contributed by atoms with Gasteiger partial charge in [0.15, 0.2) is 17.3 Å². The molecule has 1 atom stereocenters. The maximum absolute atomic E-state index is 13.6. The molecular weight excluding hydrogens is 605 g/mol. The van der Waals surface area contributed by atoms with Crippen molar-refractivity contribution in [3.63, 3.8) is 0 Å². The summed E-state index contributed by atoms with van der Waals surface area (Å²) in [6.07, 6.45) is 2.26. The van der Waals surface area contributed by atoms with Crippen molar-refractivity contribution in [3.8, 4) is 23.1 Å². The van der Waals surface area contributed by atoms with E-state index >= 15 is 0 Å². The van der Waals surface area contributed by atoms with E-state index in [2.05, 4.69) is 21.0 Å². The first-order chi connectivity index (χ1) is 18.8. The van der Waals surface area contributed by atoms with Gasteiger partial charge < -0.3 is 13.9 Å². The van der Waals surface area contributed by atoms with Crippen molar-refractivity contribution in [3.05, 3.63) is 85.0 Å². The first kappa shape index (κ1) is 27.2. The van der Waals surface area contributed by atoms with E-state index in [1.807, 2.05) is 26.8 Å². The van der Waals surface area contributed by atoms with Crippen molar-refractivity contribution in [2.75, 3.05) is 6.61 Å². The number of para-hydroxylation sites is 1. The third kappa shape index (κ3) is 5.41. The van der Waals surface area contributed by atoms with Crippen LogP contribution in [0, 0.1) is 0 Å². The molecule has 2 aromatic heterocycles. The fourth-order valence-corrected chi connectivity index (χ4v) is 4.81. The SMILES string of the molecule is CCOc1cc(C=Nn2c(-c3cc4cc(Cl)ccc4o3)nc3ccccc3c2=O)c(Br)c(Cl)c1O[C@H](C)CC. The zero-order chi connectivity index (χ0) is 27.7. The summed E-state index contributed by atoms with van der Waals surface area (Å²) in [7, 11) is 0. The van der Waals surface area contributed by atoms with Gasteiger partial charge in [-0.15, -0.1) is 0 Å². The summed E-state index contributed by atoms with van der Waals surface area (Å²) in [6.45, 7) is 6.28. The van der Waals surface area contributed by atoms with Crippen LogP contribution < -0.4 is 15.0 Å². The van der Waals surface area contributed by atoms with Gasteiger partial charge >= 0.3 is 0 Å². The van der Waals surface area contributed by atoms with Crippen LogP contribution in [-0.2, 0) is 0 Å². The Labute approximate surface area is 243 Å². The Balaban J connectivity index is 1.67. The number of aromatic nitrogens is 2. The van der Waals surface area contributed by atoms with Crippen LogP contribution in [0.4, 0.5) is 0 Å². The molecule has 0 N–H and O–H groups in total. The number of benzene rings is 3. The molecule has 0 saturated carbocycles. The Morgan fingerprint density at radius 3 is 2.72 bits per heavy atom. The number of hydrogen-bond donors (Lipinski definition) is 0. The molecule has 0 aliphatic rings. The van der Waals surface area contributed by atoms with E-state index in [9.17, 15) is 4.79 Å². The van der Waals surface area contributed by atoms with E-state index in [1.54, 1.807) is 48.5 Å². The molecule has 5 aromatic rings. The topological polar surface area (TPSA) is 78.9 Å². The van der Waals surface area contributed by atoms with Crippen molar-refractivity contribution >= 4 is 67.2 Å². The molecular formula is C29H24BrCl2N3O4. The van der Waals surface area contributed by atoms with Crippen molar-refractivity contribution in [2.24, 2.45) is 5.10 Å². The molecule has 0 radical (unpaired) electrons. The standard InChI is InChI=1S/C29H24BrCl2N3O4/c1-4-16(3)38-27-23(37-5-2)14-18(25(30)26(27)32)15-33-35-28(34-21-9-7-6-8-20(21)29(35)36)24-13-17-12-19(31)10-11-22(17)39-24/h6-16H,4-5H2,1-3H3/t16-/m1/s1. The summed E-state index contributed by atoms with van der Waals surface area (Å²) in [5.41, 5.74) is 1.37. The fourth-order valence-electron chi connectivity index (χ4n) is 3.99. The maximum Gasteiger partial charge on any atom is 0.282 e. The van der Waals surface area contributed by atoms with Crippen LogP contribution in [0.5, 0.6) is 11.5 Å². The molecule has 5 rings (SSSR count). The highest BCUT2D eigenvalue weighted by atomic mass is 79.9. The molecule has 200 valence electrons. The lowest BCUT2D eigenvalue weighted by Crippen LogP contribution is -2.20. The molecule has 3 aromatic carbocycles. The summed E-state index contributed by atoms with van der Waals surface area (Å²) >= 11 is 16.4. The summed E-state index contributed by atoms with van der Waals surface area (Å²) in [5, 5.41) is 6.67. The summed E-state index contributed by atoms with van der Waals surface area (Å²) in [4.78, 5) is 18.3. The molecule has 0 spiro atoms. The molecule has 0 aliphatic carbocycles. The maximum atomic E-state index is 13.6. The first-order valence-electron chi connectivity index (χ1n) is 12.4. The average Bonchev–Trinajstić information content (AvgIpc) is 3.35. The van der Waals surface area contributed by atoms with Gasteiger partial charge in [0.2, 0.25) is 5.82 Å². The van der Waals surface area contributed by atoms with Crippen molar-refractivity contribution in [2.45, 2.75) is 33.3 Å². The largest absolute Gasteiger partial charge is 0.490 e. The van der Waals surface area contributed by atoms with Crippen LogP contribution >= 0.6 is 39.1 Å². The molecule has 0 saturated heterocycles. The Bertz CT molecular complexity index is 1780. The Hall–Kier alpha value is -3.33. The number of halogens is 3. The minimum absolute atomic E-state index is 0.0587. The van der Waals surface area contributed by atoms with Gasteiger partial charge in [-0.2, -0.15) is 9.78 Å². The van der Waals surface area contributed by atoms with Crippen LogP contribution in [0.3, 0.4) is 0 Å². The summed E-state index contributed by atoms with van der Waals surface area (Å²) < 4.78 is 19.7. The Kier molecular flexibility index (Phi) is 7.98. The van der Waals surface area contributed by atoms with Gasteiger partial charge in [-0.25, -0.2) is 4.98 Å². The predicted molar refractivity (Wildman–Crippen MR) is 160 cm³/mol. The summed E-state index contributed by atoms with van der Waals surface area (Å²) in [6, 6.07) is 15.9. The monoisotopic (exact) mass is 627 g/mol. The van der Waals surface area contributed by atoms with Crippen molar-refractivity contribution in [1.29, 1.82) is 0 Å². The van der Waals surface area contributed by atoms with E-state index in [4.69, 9.17) is 42.1 Å². The van der Waals surface area contributed by atoms with Gasteiger partial charge in [-0.3, -0.25) is 4.79 Å². The number of hydrogen-bond acceptors (Lipinski definition) is 6. The number of nitrogens with zero attached hydrogens (tertiary/aromatic N) is 3. The molecule has 0 aliphatic heterocycles. The number of furan rings is 1. The quantitative estimate of drug-likeness (QED) is 0.161. The van der Waals surface area contributed by atoms with E-state index in [0.29, 0.717) is 60.4 Å². The van der Waals surface area contributed by atoms with Crippen LogP contribution in [0.25, 0.3) is 33.5 Å². The van der Waals surface area contributed by atoms with E-state index in [1.165, 1.54) is 10.9 Å². The lowest BCUT2D eigenvalue weighted by Gasteiger charge is -2.19. The summed E-state index contributed by atoms with van der Waals surface area (Å²) in [5.74, 6) is 1.54. The normalized spacial score (nSPS) is 12.5.